The molecule has 0 aromatic heterocycles. The summed E-state index contributed by atoms with van der Waals surface area (Å²) < 4.78 is 24.7. The van der Waals surface area contributed by atoms with Gasteiger partial charge in [0.2, 0.25) is 11.7 Å². The van der Waals surface area contributed by atoms with Gasteiger partial charge in [0.15, 0.2) is 6.10 Å². The van der Waals surface area contributed by atoms with Gasteiger partial charge in [-0.25, -0.2) is 9.38 Å². The van der Waals surface area contributed by atoms with Crippen LogP contribution in [-0.4, -0.2) is 24.9 Å². The molecule has 4 rings (SSSR count). The van der Waals surface area contributed by atoms with Gasteiger partial charge in [-0.1, -0.05) is 42.5 Å². The molecule has 0 bridgehead atoms. The second-order valence-corrected chi connectivity index (χ2v) is 6.40. The van der Waals surface area contributed by atoms with Gasteiger partial charge in [-0.3, -0.25) is 4.79 Å². The van der Waals surface area contributed by atoms with Crippen molar-refractivity contribution in [2.45, 2.75) is 12.1 Å². The molecular weight excluding hydrogens is 357 g/mol. The number of benzene rings is 3. The van der Waals surface area contributed by atoms with E-state index in [2.05, 4.69) is 4.99 Å². The van der Waals surface area contributed by atoms with Gasteiger partial charge in [0, 0.05) is 5.56 Å². The van der Waals surface area contributed by atoms with Crippen LogP contribution in [0.2, 0.25) is 0 Å². The Balaban J connectivity index is 1.74. The molecule has 0 fully saturated rings. The highest BCUT2D eigenvalue weighted by atomic mass is 19.1. The van der Waals surface area contributed by atoms with Crippen molar-refractivity contribution in [1.82, 2.24) is 0 Å². The van der Waals surface area contributed by atoms with Crippen molar-refractivity contribution in [3.8, 4) is 5.75 Å². The Kier molecular flexibility index (Phi) is 4.89. The van der Waals surface area contributed by atoms with E-state index < -0.39 is 12.1 Å². The first kappa shape index (κ1) is 17.9. The Morgan fingerprint density at radius 2 is 1.64 bits per heavy atom. The van der Waals surface area contributed by atoms with Crippen LogP contribution in [0.5, 0.6) is 5.75 Å². The summed E-state index contributed by atoms with van der Waals surface area (Å²) in [6.45, 7) is 0. The molecule has 2 atom stereocenters. The monoisotopic (exact) mass is 375 g/mol. The summed E-state index contributed by atoms with van der Waals surface area (Å²) >= 11 is 0. The second kappa shape index (κ2) is 7.64. The molecule has 1 aliphatic rings. The predicted octanol–water partition coefficient (Wildman–Crippen LogP) is 4.60. The lowest BCUT2D eigenvalue weighted by Crippen LogP contribution is -2.28. The molecule has 0 aliphatic carbocycles. The first-order valence-electron chi connectivity index (χ1n) is 8.90. The van der Waals surface area contributed by atoms with Gasteiger partial charge in [0.25, 0.3) is 0 Å². The van der Waals surface area contributed by atoms with E-state index in [0.717, 1.165) is 5.56 Å². The van der Waals surface area contributed by atoms with Crippen molar-refractivity contribution in [3.63, 3.8) is 0 Å². The number of nitrogens with zero attached hydrogens (tertiary/aromatic N) is 1. The average Bonchev–Trinajstić information content (AvgIpc) is 3.20. The minimum Gasteiger partial charge on any atom is -0.496 e. The fraction of sp³-hybridized carbons (Fsp3) is 0.130. The van der Waals surface area contributed by atoms with Gasteiger partial charge < -0.3 is 9.47 Å². The van der Waals surface area contributed by atoms with Crippen LogP contribution < -0.4 is 4.74 Å². The Bertz CT molecular complexity index is 1020. The maximum atomic E-state index is 13.4. The number of methoxy groups -OCH3 is 1. The summed E-state index contributed by atoms with van der Waals surface area (Å²) in [5.74, 6) is 0.286. The third-order valence-corrected chi connectivity index (χ3v) is 4.64. The summed E-state index contributed by atoms with van der Waals surface area (Å²) in [6.07, 6.45) is -0.864. The SMILES string of the molecule is COc1ccccc1C(=O)[C@H]1OC(c2ccccc2)=N[C@@H]1c1ccc(F)cc1. The predicted molar refractivity (Wildman–Crippen MR) is 104 cm³/mol. The molecule has 1 heterocycles. The van der Waals surface area contributed by atoms with E-state index in [0.29, 0.717) is 22.8 Å². The van der Waals surface area contributed by atoms with Crippen molar-refractivity contribution in [3.05, 3.63) is 101 Å². The van der Waals surface area contributed by atoms with Crippen LogP contribution in [0.4, 0.5) is 4.39 Å². The minimum atomic E-state index is -0.864. The van der Waals surface area contributed by atoms with Crippen LogP contribution in [0.3, 0.4) is 0 Å². The smallest absolute Gasteiger partial charge is 0.217 e. The Hall–Kier alpha value is -3.47. The summed E-state index contributed by atoms with van der Waals surface area (Å²) in [5.41, 5.74) is 1.91. The zero-order chi connectivity index (χ0) is 19.5. The summed E-state index contributed by atoms with van der Waals surface area (Å²) in [5, 5.41) is 0. The minimum absolute atomic E-state index is 0.235. The summed E-state index contributed by atoms with van der Waals surface area (Å²) in [4.78, 5) is 18.0. The zero-order valence-electron chi connectivity index (χ0n) is 15.2. The van der Waals surface area contributed by atoms with Crippen LogP contribution in [0, 0.1) is 5.82 Å². The molecule has 4 nitrogen and oxygen atoms in total. The van der Waals surface area contributed by atoms with Gasteiger partial charge in [-0.2, -0.15) is 0 Å². The maximum Gasteiger partial charge on any atom is 0.217 e. The van der Waals surface area contributed by atoms with Gasteiger partial charge in [-0.15, -0.1) is 0 Å². The number of para-hydroxylation sites is 1. The number of hydrogen-bond donors (Lipinski definition) is 0. The lowest BCUT2D eigenvalue weighted by atomic mass is 9.95. The first-order chi connectivity index (χ1) is 13.7. The third-order valence-electron chi connectivity index (χ3n) is 4.64. The second-order valence-electron chi connectivity index (χ2n) is 6.40. The molecule has 0 spiro atoms. The molecule has 1 aliphatic heterocycles. The number of halogens is 1. The molecule has 0 unspecified atom stereocenters. The van der Waals surface area contributed by atoms with Crippen molar-refractivity contribution >= 4 is 11.7 Å². The Morgan fingerprint density at radius 3 is 2.36 bits per heavy atom. The molecule has 5 heteroatoms. The van der Waals surface area contributed by atoms with Crippen LogP contribution in [-0.2, 0) is 4.74 Å². The normalized spacial score (nSPS) is 18.3. The number of carbonyl (C=O) groups excluding carboxylic acids is 1. The highest BCUT2D eigenvalue weighted by Gasteiger charge is 2.39. The number of ketones is 1. The fourth-order valence-corrected chi connectivity index (χ4v) is 3.24. The van der Waals surface area contributed by atoms with Gasteiger partial charge in [0.05, 0.1) is 12.7 Å². The standard InChI is InChI=1S/C23H18FNO3/c1-27-19-10-6-5-9-18(19)21(26)22-20(15-11-13-17(24)14-12-15)25-23(28-22)16-7-3-2-4-8-16/h2-14,20,22H,1H3/t20-,22+/m1/s1. The highest BCUT2D eigenvalue weighted by molar-refractivity contribution is 6.06. The lowest BCUT2D eigenvalue weighted by molar-refractivity contribution is 0.0771. The van der Waals surface area contributed by atoms with E-state index in [-0.39, 0.29) is 11.6 Å². The Morgan fingerprint density at radius 1 is 0.964 bits per heavy atom. The van der Waals surface area contributed by atoms with Crippen molar-refractivity contribution in [1.29, 1.82) is 0 Å². The average molecular weight is 375 g/mol. The zero-order valence-corrected chi connectivity index (χ0v) is 15.2. The number of ether oxygens (including phenoxy) is 2. The molecule has 0 N–H and O–H groups in total. The largest absolute Gasteiger partial charge is 0.496 e. The molecule has 28 heavy (non-hydrogen) atoms. The van der Waals surface area contributed by atoms with Crippen molar-refractivity contribution < 1.29 is 18.7 Å². The van der Waals surface area contributed by atoms with E-state index >= 15 is 0 Å². The number of rotatable bonds is 5. The van der Waals surface area contributed by atoms with Crippen LogP contribution >= 0.6 is 0 Å². The molecule has 0 amide bonds. The molecule has 0 saturated carbocycles. The summed E-state index contributed by atoms with van der Waals surface area (Å²) in [6, 6.07) is 21.8. The topological polar surface area (TPSA) is 47.9 Å². The summed E-state index contributed by atoms with van der Waals surface area (Å²) in [7, 11) is 1.52. The quantitative estimate of drug-likeness (QED) is 0.612. The number of carbonyl (C=O) groups is 1. The van der Waals surface area contributed by atoms with Crippen molar-refractivity contribution in [2.75, 3.05) is 7.11 Å². The van der Waals surface area contributed by atoms with Crippen LogP contribution in [0.1, 0.15) is 27.5 Å². The highest BCUT2D eigenvalue weighted by Crippen LogP contribution is 2.34. The van der Waals surface area contributed by atoms with E-state index in [1.165, 1.54) is 19.2 Å². The molecule has 0 radical (unpaired) electrons. The number of Topliss-reactive ketones (excluding diaryl/α,β-unsaturated/α-hetero) is 1. The third kappa shape index (κ3) is 3.39. The molecule has 140 valence electrons. The van der Waals surface area contributed by atoms with Crippen LogP contribution in [0.15, 0.2) is 83.9 Å². The fourth-order valence-electron chi connectivity index (χ4n) is 3.24. The van der Waals surface area contributed by atoms with E-state index in [1.807, 2.05) is 30.3 Å². The van der Waals surface area contributed by atoms with Gasteiger partial charge in [0.1, 0.15) is 17.6 Å². The lowest BCUT2D eigenvalue weighted by Gasteiger charge is -2.18. The van der Waals surface area contributed by atoms with Gasteiger partial charge in [-0.05, 0) is 42.0 Å². The van der Waals surface area contributed by atoms with Crippen LogP contribution in [0.25, 0.3) is 0 Å². The molecular formula is C23H18FNO3. The van der Waals surface area contributed by atoms with Crippen molar-refractivity contribution in [2.24, 2.45) is 4.99 Å². The first-order valence-corrected chi connectivity index (χ1v) is 8.90. The molecule has 3 aromatic carbocycles. The Labute approximate surface area is 162 Å². The number of hydrogen-bond acceptors (Lipinski definition) is 4. The molecule has 3 aromatic rings. The van der Waals surface area contributed by atoms with E-state index in [1.54, 1.807) is 36.4 Å². The van der Waals surface area contributed by atoms with E-state index in [9.17, 15) is 9.18 Å². The maximum absolute atomic E-state index is 13.4. The number of aliphatic imine (C=N–C) groups is 1. The van der Waals surface area contributed by atoms with Gasteiger partial charge >= 0.3 is 0 Å². The molecule has 0 saturated heterocycles. The van der Waals surface area contributed by atoms with E-state index in [4.69, 9.17) is 9.47 Å².